The van der Waals surface area contributed by atoms with Crippen LogP contribution in [0.2, 0.25) is 0 Å². The number of likely N-dealkylation sites (tertiary alicyclic amines) is 1. The molecular weight excluding hydrogens is 364 g/mol. The molecule has 1 fully saturated rings. The second kappa shape index (κ2) is 8.47. The summed E-state index contributed by atoms with van der Waals surface area (Å²) < 4.78 is 5.55. The molecule has 4 rings (SSSR count). The van der Waals surface area contributed by atoms with Crippen LogP contribution >= 0.6 is 0 Å². The number of carbonyl (C=O) groups excluding carboxylic acids is 1. The Morgan fingerprint density at radius 2 is 2.07 bits per heavy atom. The third kappa shape index (κ3) is 4.47. The maximum absolute atomic E-state index is 12.7. The van der Waals surface area contributed by atoms with Crippen LogP contribution in [0.4, 0.5) is 10.5 Å². The maximum atomic E-state index is 12.7. The Bertz CT molecular complexity index is 981. The average Bonchev–Trinajstić information content (AvgIpc) is 3.25. The zero-order valence-corrected chi connectivity index (χ0v) is 16.9. The van der Waals surface area contributed by atoms with Crippen LogP contribution in [0.1, 0.15) is 42.7 Å². The molecular formula is C23H26N4O2. The van der Waals surface area contributed by atoms with E-state index in [-0.39, 0.29) is 11.9 Å². The van der Waals surface area contributed by atoms with Crippen molar-refractivity contribution in [1.29, 1.82) is 0 Å². The SMILES string of the molecule is CCc1ccc(NC(=O)N2CCC[C@@H](c3nc(-c4cccc(C)c4)no3)C2)cc1. The molecule has 1 aliphatic rings. The summed E-state index contributed by atoms with van der Waals surface area (Å²) in [5.41, 5.74) is 4.16. The van der Waals surface area contributed by atoms with E-state index in [1.54, 1.807) is 0 Å². The molecule has 0 radical (unpaired) electrons. The molecule has 0 aliphatic carbocycles. The van der Waals surface area contributed by atoms with E-state index in [2.05, 4.69) is 22.4 Å². The standard InChI is InChI=1S/C23H26N4O2/c1-3-17-9-11-20(12-10-17)24-23(28)27-13-5-8-19(15-27)22-25-21(26-29-22)18-7-4-6-16(2)14-18/h4,6-7,9-12,14,19H,3,5,8,13,15H2,1-2H3,(H,24,28)/t19-/m1/s1. The Hall–Kier alpha value is -3.15. The van der Waals surface area contributed by atoms with Gasteiger partial charge in [-0.05, 0) is 49.9 Å². The minimum absolute atomic E-state index is 0.0584. The minimum Gasteiger partial charge on any atom is -0.339 e. The van der Waals surface area contributed by atoms with Gasteiger partial charge < -0.3 is 14.7 Å². The lowest BCUT2D eigenvalue weighted by atomic mass is 9.98. The van der Waals surface area contributed by atoms with E-state index in [1.165, 1.54) is 5.56 Å². The zero-order valence-electron chi connectivity index (χ0n) is 16.9. The van der Waals surface area contributed by atoms with Gasteiger partial charge in [-0.25, -0.2) is 4.79 Å². The Morgan fingerprint density at radius 1 is 1.24 bits per heavy atom. The second-order valence-corrected chi connectivity index (χ2v) is 7.59. The van der Waals surface area contributed by atoms with E-state index in [9.17, 15) is 4.79 Å². The van der Waals surface area contributed by atoms with Gasteiger partial charge >= 0.3 is 6.03 Å². The van der Waals surface area contributed by atoms with Crippen molar-refractivity contribution in [3.8, 4) is 11.4 Å². The third-order valence-corrected chi connectivity index (χ3v) is 5.39. The number of amides is 2. The lowest BCUT2D eigenvalue weighted by Crippen LogP contribution is -2.41. The fourth-order valence-electron chi connectivity index (χ4n) is 3.69. The molecule has 3 aromatic rings. The van der Waals surface area contributed by atoms with Gasteiger partial charge in [0.2, 0.25) is 11.7 Å². The predicted molar refractivity (Wildman–Crippen MR) is 113 cm³/mol. The van der Waals surface area contributed by atoms with Gasteiger partial charge in [0.05, 0.1) is 5.92 Å². The van der Waals surface area contributed by atoms with Crippen LogP contribution < -0.4 is 5.32 Å². The molecule has 1 atom stereocenters. The molecule has 6 nitrogen and oxygen atoms in total. The molecule has 2 amide bonds. The Morgan fingerprint density at radius 3 is 2.83 bits per heavy atom. The summed E-state index contributed by atoms with van der Waals surface area (Å²) in [4.78, 5) is 19.1. The van der Waals surface area contributed by atoms with Gasteiger partial charge in [0.25, 0.3) is 0 Å². The molecule has 0 spiro atoms. The molecule has 6 heteroatoms. The van der Waals surface area contributed by atoms with E-state index >= 15 is 0 Å². The first-order valence-corrected chi connectivity index (χ1v) is 10.2. The first-order chi connectivity index (χ1) is 14.1. The van der Waals surface area contributed by atoms with Crippen LogP contribution in [0.25, 0.3) is 11.4 Å². The van der Waals surface area contributed by atoms with Crippen molar-refractivity contribution in [2.45, 2.75) is 39.0 Å². The van der Waals surface area contributed by atoms with Gasteiger partial charge in [-0.1, -0.05) is 48.0 Å². The molecule has 2 aromatic carbocycles. The van der Waals surface area contributed by atoms with Gasteiger partial charge in [0.1, 0.15) is 0 Å². The summed E-state index contributed by atoms with van der Waals surface area (Å²) in [6.45, 7) is 5.46. The topological polar surface area (TPSA) is 71.3 Å². The molecule has 0 saturated carbocycles. The number of urea groups is 1. The number of anilines is 1. The normalized spacial score (nSPS) is 16.6. The van der Waals surface area contributed by atoms with Crippen molar-refractivity contribution in [3.05, 3.63) is 65.5 Å². The van der Waals surface area contributed by atoms with Gasteiger partial charge in [0.15, 0.2) is 0 Å². The highest BCUT2D eigenvalue weighted by Gasteiger charge is 2.28. The highest BCUT2D eigenvalue weighted by Crippen LogP contribution is 2.28. The second-order valence-electron chi connectivity index (χ2n) is 7.59. The third-order valence-electron chi connectivity index (χ3n) is 5.39. The number of rotatable bonds is 4. The summed E-state index contributed by atoms with van der Waals surface area (Å²) in [5.74, 6) is 1.26. The number of benzene rings is 2. The van der Waals surface area contributed by atoms with Gasteiger partial charge in [-0.15, -0.1) is 0 Å². The van der Waals surface area contributed by atoms with Crippen LogP contribution in [-0.4, -0.2) is 34.2 Å². The molecule has 1 aliphatic heterocycles. The number of hydrogen-bond acceptors (Lipinski definition) is 4. The van der Waals surface area contributed by atoms with Crippen molar-refractivity contribution in [2.24, 2.45) is 0 Å². The fourth-order valence-corrected chi connectivity index (χ4v) is 3.69. The summed E-state index contributed by atoms with van der Waals surface area (Å²) >= 11 is 0. The van der Waals surface area contributed by atoms with E-state index in [1.807, 2.05) is 60.4 Å². The number of piperidine rings is 1. The smallest absolute Gasteiger partial charge is 0.321 e. The number of carbonyl (C=O) groups is 1. The maximum Gasteiger partial charge on any atom is 0.321 e. The van der Waals surface area contributed by atoms with E-state index in [0.717, 1.165) is 42.6 Å². The van der Waals surface area contributed by atoms with Gasteiger partial charge in [0, 0.05) is 24.3 Å². The largest absolute Gasteiger partial charge is 0.339 e. The summed E-state index contributed by atoms with van der Waals surface area (Å²) in [6.07, 6.45) is 2.83. The molecule has 1 saturated heterocycles. The number of nitrogens with zero attached hydrogens (tertiary/aromatic N) is 3. The molecule has 0 unspecified atom stereocenters. The molecule has 0 bridgehead atoms. The van der Waals surface area contributed by atoms with Gasteiger partial charge in [-0.2, -0.15) is 4.98 Å². The van der Waals surface area contributed by atoms with Crippen LogP contribution in [0, 0.1) is 6.92 Å². The number of hydrogen-bond donors (Lipinski definition) is 1. The number of aromatic nitrogens is 2. The van der Waals surface area contributed by atoms with E-state index in [0.29, 0.717) is 18.3 Å². The van der Waals surface area contributed by atoms with E-state index < -0.39 is 0 Å². The summed E-state index contributed by atoms with van der Waals surface area (Å²) in [6, 6.07) is 15.9. The lowest BCUT2D eigenvalue weighted by molar-refractivity contribution is 0.184. The number of aryl methyl sites for hydroxylation is 2. The zero-order chi connectivity index (χ0) is 20.2. The number of nitrogens with one attached hydrogen (secondary N) is 1. The predicted octanol–water partition coefficient (Wildman–Crippen LogP) is 5.02. The highest BCUT2D eigenvalue weighted by atomic mass is 16.5. The summed E-state index contributed by atoms with van der Waals surface area (Å²) in [5, 5.41) is 7.14. The monoisotopic (exact) mass is 390 g/mol. The minimum atomic E-state index is -0.0858. The van der Waals surface area contributed by atoms with Crippen LogP contribution in [0.15, 0.2) is 53.1 Å². The fraction of sp³-hybridized carbons (Fsp3) is 0.348. The van der Waals surface area contributed by atoms with Crippen LogP contribution in [-0.2, 0) is 6.42 Å². The Labute approximate surface area is 170 Å². The molecule has 1 N–H and O–H groups in total. The first kappa shape index (κ1) is 19.2. The highest BCUT2D eigenvalue weighted by molar-refractivity contribution is 5.89. The molecule has 1 aromatic heterocycles. The quantitative estimate of drug-likeness (QED) is 0.679. The lowest BCUT2D eigenvalue weighted by Gasteiger charge is -2.31. The Balaban J connectivity index is 1.42. The Kier molecular flexibility index (Phi) is 5.60. The van der Waals surface area contributed by atoms with Crippen molar-refractivity contribution in [3.63, 3.8) is 0 Å². The summed E-state index contributed by atoms with van der Waals surface area (Å²) in [7, 11) is 0. The average molecular weight is 390 g/mol. The van der Waals surface area contributed by atoms with Crippen molar-refractivity contribution >= 4 is 11.7 Å². The van der Waals surface area contributed by atoms with Crippen LogP contribution in [0.3, 0.4) is 0 Å². The van der Waals surface area contributed by atoms with E-state index in [4.69, 9.17) is 4.52 Å². The molecule has 2 heterocycles. The van der Waals surface area contributed by atoms with Crippen molar-refractivity contribution < 1.29 is 9.32 Å². The van der Waals surface area contributed by atoms with Crippen molar-refractivity contribution in [1.82, 2.24) is 15.0 Å². The molecule has 29 heavy (non-hydrogen) atoms. The van der Waals surface area contributed by atoms with Crippen LogP contribution in [0.5, 0.6) is 0 Å². The first-order valence-electron chi connectivity index (χ1n) is 10.2. The van der Waals surface area contributed by atoms with Gasteiger partial charge in [-0.3, -0.25) is 0 Å². The molecule has 150 valence electrons. The van der Waals surface area contributed by atoms with Crippen molar-refractivity contribution in [2.75, 3.05) is 18.4 Å².